The quantitative estimate of drug-likeness (QED) is 0.508. The summed E-state index contributed by atoms with van der Waals surface area (Å²) in [6.45, 7) is 2.71. The number of aromatic nitrogens is 3. The average Bonchev–Trinajstić information content (AvgIpc) is 3.39. The molecule has 5 rings (SSSR count). The first-order valence-corrected chi connectivity index (χ1v) is 9.86. The summed E-state index contributed by atoms with van der Waals surface area (Å²) in [5.41, 5.74) is 4.75. The number of anilines is 1. The lowest BCUT2D eigenvalue weighted by Crippen LogP contribution is -2.09. The molecule has 0 unspecified atom stereocenters. The Bertz CT molecular complexity index is 1310. The Morgan fingerprint density at radius 2 is 2.06 bits per heavy atom. The lowest BCUT2D eigenvalue weighted by molar-refractivity contribution is 0.0697. The van der Waals surface area contributed by atoms with Crippen LogP contribution in [0.4, 0.5) is 10.3 Å². The van der Waals surface area contributed by atoms with Crippen LogP contribution < -0.4 is 10.1 Å². The highest BCUT2D eigenvalue weighted by atomic mass is 19.1. The SMILES string of the molecule is Cc1cn2c(NCc3c(F)ccc4c3CCO4)ncc(-c3ccc(C(=O)O)cc3)c2n1. The predicted molar refractivity (Wildman–Crippen MR) is 113 cm³/mol. The van der Waals surface area contributed by atoms with Crippen molar-refractivity contribution in [3.8, 4) is 16.9 Å². The van der Waals surface area contributed by atoms with Gasteiger partial charge in [-0.25, -0.2) is 19.2 Å². The zero-order valence-electron chi connectivity index (χ0n) is 16.7. The number of aryl methyl sites for hydroxylation is 1. The number of hydrogen-bond donors (Lipinski definition) is 2. The number of carboxylic acids is 1. The number of rotatable bonds is 5. The van der Waals surface area contributed by atoms with E-state index in [0.29, 0.717) is 30.2 Å². The molecule has 0 aliphatic carbocycles. The average molecular weight is 418 g/mol. The van der Waals surface area contributed by atoms with E-state index < -0.39 is 5.97 Å². The molecule has 1 aliphatic heterocycles. The second kappa shape index (κ2) is 7.39. The minimum Gasteiger partial charge on any atom is -0.493 e. The summed E-state index contributed by atoms with van der Waals surface area (Å²) in [6.07, 6.45) is 4.23. The van der Waals surface area contributed by atoms with Gasteiger partial charge in [0.2, 0.25) is 5.95 Å². The molecule has 0 atom stereocenters. The Morgan fingerprint density at radius 1 is 1.26 bits per heavy atom. The molecule has 0 saturated heterocycles. The van der Waals surface area contributed by atoms with E-state index in [1.54, 1.807) is 36.5 Å². The van der Waals surface area contributed by atoms with Crippen molar-refractivity contribution in [2.45, 2.75) is 19.9 Å². The van der Waals surface area contributed by atoms with E-state index in [2.05, 4.69) is 15.3 Å². The van der Waals surface area contributed by atoms with Gasteiger partial charge >= 0.3 is 5.97 Å². The van der Waals surface area contributed by atoms with Gasteiger partial charge in [-0.1, -0.05) is 12.1 Å². The molecule has 156 valence electrons. The molecule has 3 heterocycles. The van der Waals surface area contributed by atoms with Crippen LogP contribution in [0.15, 0.2) is 48.8 Å². The Labute approximate surface area is 177 Å². The van der Waals surface area contributed by atoms with E-state index in [-0.39, 0.29) is 17.9 Å². The standard InChI is InChI=1S/C23H19FN4O3/c1-13-12-28-21(27-13)17(14-2-4-15(5-3-14)22(29)30)10-25-23(28)26-11-18-16-8-9-31-20(16)7-6-19(18)24/h2-7,10,12H,8-9,11H2,1H3,(H,25,26)(H,29,30). The number of halogens is 1. The van der Waals surface area contributed by atoms with E-state index >= 15 is 0 Å². The van der Waals surface area contributed by atoms with Crippen molar-refractivity contribution in [3.05, 3.63) is 77.0 Å². The Hall–Kier alpha value is -3.94. The molecule has 8 heteroatoms. The van der Waals surface area contributed by atoms with Crippen molar-refractivity contribution >= 4 is 17.6 Å². The summed E-state index contributed by atoms with van der Waals surface area (Å²) in [7, 11) is 0. The van der Waals surface area contributed by atoms with Crippen LogP contribution in [0.1, 0.15) is 27.2 Å². The third-order valence-electron chi connectivity index (χ3n) is 5.42. The smallest absolute Gasteiger partial charge is 0.335 e. The third kappa shape index (κ3) is 3.35. The molecule has 2 aromatic carbocycles. The van der Waals surface area contributed by atoms with Gasteiger partial charge in [-0.15, -0.1) is 0 Å². The fraction of sp³-hybridized carbons (Fsp3) is 0.174. The van der Waals surface area contributed by atoms with Gasteiger partial charge in [0.05, 0.1) is 17.9 Å². The maximum Gasteiger partial charge on any atom is 0.335 e. The lowest BCUT2D eigenvalue weighted by atomic mass is 10.0. The number of fused-ring (bicyclic) bond motifs is 2. The molecule has 2 N–H and O–H groups in total. The van der Waals surface area contributed by atoms with Gasteiger partial charge in [0.1, 0.15) is 17.2 Å². The highest BCUT2D eigenvalue weighted by Gasteiger charge is 2.20. The molecule has 0 bridgehead atoms. The molecule has 7 nitrogen and oxygen atoms in total. The van der Waals surface area contributed by atoms with Gasteiger partial charge < -0.3 is 15.2 Å². The minimum absolute atomic E-state index is 0.215. The molecule has 0 radical (unpaired) electrons. The van der Waals surface area contributed by atoms with Crippen LogP contribution in [0.2, 0.25) is 0 Å². The zero-order chi connectivity index (χ0) is 21.5. The molecular weight excluding hydrogens is 399 g/mol. The van der Waals surface area contributed by atoms with E-state index in [4.69, 9.17) is 9.84 Å². The lowest BCUT2D eigenvalue weighted by Gasteiger charge is -2.13. The van der Waals surface area contributed by atoms with E-state index in [9.17, 15) is 9.18 Å². The van der Waals surface area contributed by atoms with Crippen molar-refractivity contribution < 1.29 is 19.0 Å². The van der Waals surface area contributed by atoms with Crippen molar-refractivity contribution in [1.82, 2.24) is 14.4 Å². The zero-order valence-corrected chi connectivity index (χ0v) is 16.7. The number of carboxylic acid groups (broad SMARTS) is 1. The summed E-state index contributed by atoms with van der Waals surface area (Å²) in [6, 6.07) is 9.67. The summed E-state index contributed by atoms with van der Waals surface area (Å²) >= 11 is 0. The van der Waals surface area contributed by atoms with Gasteiger partial charge in [-0.05, 0) is 36.8 Å². The number of imidazole rings is 1. The largest absolute Gasteiger partial charge is 0.493 e. The molecule has 2 aromatic heterocycles. The maximum atomic E-state index is 14.5. The molecule has 4 aromatic rings. The normalized spacial score (nSPS) is 12.6. The second-order valence-corrected chi connectivity index (χ2v) is 7.41. The molecule has 0 amide bonds. The predicted octanol–water partition coefficient (Wildman–Crippen LogP) is 4.09. The number of hydrogen-bond acceptors (Lipinski definition) is 5. The number of carbonyl (C=O) groups is 1. The van der Waals surface area contributed by atoms with Crippen molar-refractivity contribution in [1.29, 1.82) is 0 Å². The Balaban J connectivity index is 1.50. The number of ether oxygens (including phenoxy) is 1. The fourth-order valence-corrected chi connectivity index (χ4v) is 3.90. The molecule has 0 fully saturated rings. The topological polar surface area (TPSA) is 88.8 Å². The maximum absolute atomic E-state index is 14.5. The van der Waals surface area contributed by atoms with Crippen LogP contribution >= 0.6 is 0 Å². The van der Waals surface area contributed by atoms with Crippen LogP contribution in [0, 0.1) is 12.7 Å². The van der Waals surface area contributed by atoms with Crippen LogP contribution in [-0.2, 0) is 13.0 Å². The molecular formula is C23H19FN4O3. The van der Waals surface area contributed by atoms with Gasteiger partial charge in [-0.2, -0.15) is 0 Å². The summed E-state index contributed by atoms with van der Waals surface area (Å²) in [5, 5.41) is 12.3. The van der Waals surface area contributed by atoms with Crippen molar-refractivity contribution in [2.24, 2.45) is 0 Å². The first-order chi connectivity index (χ1) is 15.0. The molecule has 0 spiro atoms. The molecule has 31 heavy (non-hydrogen) atoms. The van der Waals surface area contributed by atoms with Crippen LogP contribution in [0.5, 0.6) is 5.75 Å². The van der Waals surface area contributed by atoms with Crippen molar-refractivity contribution in [3.63, 3.8) is 0 Å². The van der Waals surface area contributed by atoms with Crippen LogP contribution in [-0.4, -0.2) is 32.1 Å². The third-order valence-corrected chi connectivity index (χ3v) is 5.42. The van der Waals surface area contributed by atoms with Crippen molar-refractivity contribution in [2.75, 3.05) is 11.9 Å². The monoisotopic (exact) mass is 418 g/mol. The highest BCUT2D eigenvalue weighted by molar-refractivity contribution is 5.89. The van der Waals surface area contributed by atoms with E-state index in [1.165, 1.54) is 6.07 Å². The highest BCUT2D eigenvalue weighted by Crippen LogP contribution is 2.31. The first-order valence-electron chi connectivity index (χ1n) is 9.86. The number of aromatic carboxylic acids is 1. The fourth-order valence-electron chi connectivity index (χ4n) is 3.90. The first kappa shape index (κ1) is 19.0. The van der Waals surface area contributed by atoms with Crippen LogP contribution in [0.25, 0.3) is 16.8 Å². The van der Waals surface area contributed by atoms with E-state index in [0.717, 1.165) is 28.1 Å². The van der Waals surface area contributed by atoms with Gasteiger partial charge in [0.15, 0.2) is 0 Å². The summed E-state index contributed by atoms with van der Waals surface area (Å²) < 4.78 is 21.8. The number of nitrogens with one attached hydrogen (secondary N) is 1. The Morgan fingerprint density at radius 3 is 2.84 bits per heavy atom. The second-order valence-electron chi connectivity index (χ2n) is 7.41. The van der Waals surface area contributed by atoms with Gasteiger partial charge in [0.25, 0.3) is 0 Å². The Kier molecular flexibility index (Phi) is 4.54. The molecule has 1 aliphatic rings. The van der Waals surface area contributed by atoms with Crippen LogP contribution in [0.3, 0.4) is 0 Å². The minimum atomic E-state index is -0.976. The summed E-state index contributed by atoms with van der Waals surface area (Å²) in [5.74, 6) is 0.0216. The molecule has 0 saturated carbocycles. The number of nitrogens with zero attached hydrogens (tertiary/aromatic N) is 3. The van der Waals surface area contributed by atoms with E-state index in [1.807, 2.05) is 17.5 Å². The summed E-state index contributed by atoms with van der Waals surface area (Å²) in [4.78, 5) is 20.3. The van der Waals surface area contributed by atoms with Gasteiger partial charge in [-0.3, -0.25) is 4.40 Å². The van der Waals surface area contributed by atoms with Gasteiger partial charge in [0, 0.05) is 42.0 Å². The number of benzene rings is 2.